The number of aromatic nitrogens is 5. The minimum Gasteiger partial charge on any atom is -0.464 e. The number of H-pyrrole nitrogens is 1. The van der Waals surface area contributed by atoms with Crippen LogP contribution >= 0.6 is 11.8 Å². The first kappa shape index (κ1) is 16.1. The minimum absolute atomic E-state index is 0.243. The van der Waals surface area contributed by atoms with Crippen molar-refractivity contribution in [1.82, 2.24) is 24.5 Å². The highest BCUT2D eigenvalue weighted by Gasteiger charge is 2.53. The number of carbonyl (C=O) groups excluding carboxylic acids is 1. The van der Waals surface area contributed by atoms with E-state index in [2.05, 4.69) is 19.9 Å². The number of hydrogen-bond acceptors (Lipinski definition) is 7. The average molecular weight is 359 g/mol. The first-order valence-corrected chi connectivity index (χ1v) is 9.09. The Morgan fingerprint density at radius 1 is 1.52 bits per heavy atom. The van der Waals surface area contributed by atoms with Crippen LogP contribution in [0.1, 0.15) is 6.92 Å². The van der Waals surface area contributed by atoms with Gasteiger partial charge < -0.3 is 14.8 Å². The van der Waals surface area contributed by atoms with E-state index in [-0.39, 0.29) is 6.61 Å². The third-order valence-corrected chi connectivity index (χ3v) is 5.59. The van der Waals surface area contributed by atoms with Crippen molar-refractivity contribution in [3.05, 3.63) is 31.0 Å². The van der Waals surface area contributed by atoms with E-state index in [9.17, 15) is 9.90 Å². The van der Waals surface area contributed by atoms with Crippen LogP contribution in [0.25, 0.3) is 22.6 Å². The Labute approximate surface area is 147 Å². The van der Waals surface area contributed by atoms with E-state index in [0.717, 1.165) is 5.69 Å². The molecule has 2 atom stereocenters. The number of carbonyl (C=O) groups is 1. The van der Waals surface area contributed by atoms with Gasteiger partial charge in [0.1, 0.15) is 17.5 Å². The number of nitrogens with one attached hydrogen (secondary N) is 1. The highest BCUT2D eigenvalue weighted by atomic mass is 32.2. The molecule has 0 amide bonds. The summed E-state index contributed by atoms with van der Waals surface area (Å²) in [6.07, 6.45) is 3.90. The van der Waals surface area contributed by atoms with E-state index in [1.165, 1.54) is 24.4 Å². The maximum atomic E-state index is 12.7. The number of rotatable bonds is 4. The van der Waals surface area contributed by atoms with Crippen LogP contribution in [-0.4, -0.2) is 59.8 Å². The Balaban J connectivity index is 1.91. The van der Waals surface area contributed by atoms with Crippen LogP contribution in [0.15, 0.2) is 31.0 Å². The Hall–Kier alpha value is -2.39. The van der Waals surface area contributed by atoms with E-state index >= 15 is 0 Å². The van der Waals surface area contributed by atoms with Crippen molar-refractivity contribution in [2.24, 2.45) is 0 Å². The zero-order chi connectivity index (χ0) is 17.4. The van der Waals surface area contributed by atoms with Crippen molar-refractivity contribution in [2.45, 2.75) is 18.6 Å². The second kappa shape index (κ2) is 6.16. The van der Waals surface area contributed by atoms with Gasteiger partial charge in [0.2, 0.25) is 0 Å². The molecule has 3 aromatic heterocycles. The molecule has 0 aromatic carbocycles. The van der Waals surface area contributed by atoms with Crippen LogP contribution in [0.5, 0.6) is 0 Å². The molecule has 4 heterocycles. The fourth-order valence-electron chi connectivity index (χ4n) is 3.14. The van der Waals surface area contributed by atoms with Crippen molar-refractivity contribution in [3.8, 4) is 11.4 Å². The molecule has 4 rings (SSSR count). The molecule has 2 N–H and O–H groups in total. The summed E-state index contributed by atoms with van der Waals surface area (Å²) in [5, 5.41) is 10.6. The zero-order valence-corrected chi connectivity index (χ0v) is 14.4. The predicted molar refractivity (Wildman–Crippen MR) is 93.0 cm³/mol. The molecule has 0 saturated carbocycles. The fraction of sp³-hybridized carbons (Fsp3) is 0.375. The first-order valence-electron chi connectivity index (χ1n) is 7.93. The van der Waals surface area contributed by atoms with Crippen molar-refractivity contribution in [2.75, 3.05) is 18.1 Å². The summed E-state index contributed by atoms with van der Waals surface area (Å²) in [6.45, 7) is 1.99. The van der Waals surface area contributed by atoms with Crippen LogP contribution in [0.3, 0.4) is 0 Å². The van der Waals surface area contributed by atoms with Crippen molar-refractivity contribution in [3.63, 3.8) is 0 Å². The summed E-state index contributed by atoms with van der Waals surface area (Å²) in [5.74, 6) is 0.389. The SMILES string of the molecule is CCOC(=O)C1(n2cnc3c(-c4ccc[nH]4)ncnc32)CSCC1O. The number of nitrogens with zero attached hydrogens (tertiary/aromatic N) is 4. The molecule has 1 saturated heterocycles. The average Bonchev–Trinajstić information content (AvgIpc) is 3.34. The number of esters is 1. The molecule has 1 aliphatic heterocycles. The molecule has 130 valence electrons. The standard InChI is InChI=1S/C16H17N5O3S/c1-2-24-15(23)16(7-25-6-11(16)22)21-9-20-13-12(10-4-3-5-17-10)18-8-19-14(13)21/h3-5,8-9,11,17,22H,2,6-7H2,1H3. The van der Waals surface area contributed by atoms with Gasteiger partial charge >= 0.3 is 5.97 Å². The van der Waals surface area contributed by atoms with E-state index in [1.54, 1.807) is 17.7 Å². The maximum Gasteiger partial charge on any atom is 0.336 e. The molecule has 3 aromatic rings. The third-order valence-electron chi connectivity index (χ3n) is 4.39. The quantitative estimate of drug-likeness (QED) is 0.674. The van der Waals surface area contributed by atoms with Crippen LogP contribution in [0.4, 0.5) is 0 Å². The normalized spacial score (nSPS) is 23.2. The highest BCUT2D eigenvalue weighted by molar-refractivity contribution is 7.99. The topological polar surface area (TPSA) is 106 Å². The molecule has 8 nitrogen and oxygen atoms in total. The van der Waals surface area contributed by atoms with E-state index < -0.39 is 17.6 Å². The molecular weight excluding hydrogens is 342 g/mol. The fourth-order valence-corrected chi connectivity index (χ4v) is 4.52. The van der Waals surface area contributed by atoms with Gasteiger partial charge in [-0.15, -0.1) is 0 Å². The first-order chi connectivity index (χ1) is 12.2. The van der Waals surface area contributed by atoms with Crippen molar-refractivity contribution in [1.29, 1.82) is 0 Å². The minimum atomic E-state index is -1.23. The van der Waals surface area contributed by atoms with Gasteiger partial charge in [0.15, 0.2) is 11.2 Å². The lowest BCUT2D eigenvalue weighted by Crippen LogP contribution is -2.51. The molecule has 1 fully saturated rings. The van der Waals surface area contributed by atoms with Gasteiger partial charge in [-0.1, -0.05) is 0 Å². The lowest BCUT2D eigenvalue weighted by molar-refractivity contribution is -0.157. The van der Waals surface area contributed by atoms with Gasteiger partial charge in [-0.2, -0.15) is 11.8 Å². The van der Waals surface area contributed by atoms with Gasteiger partial charge in [0.25, 0.3) is 0 Å². The molecule has 0 radical (unpaired) electrons. The van der Waals surface area contributed by atoms with E-state index in [1.807, 2.05) is 12.1 Å². The molecule has 9 heteroatoms. The molecule has 2 unspecified atom stereocenters. The van der Waals surface area contributed by atoms with Gasteiger partial charge in [0.05, 0.1) is 24.7 Å². The monoisotopic (exact) mass is 359 g/mol. The van der Waals surface area contributed by atoms with Crippen LogP contribution in [0.2, 0.25) is 0 Å². The van der Waals surface area contributed by atoms with Gasteiger partial charge in [-0.3, -0.25) is 4.57 Å². The zero-order valence-electron chi connectivity index (χ0n) is 13.5. The van der Waals surface area contributed by atoms with Crippen molar-refractivity contribution >= 4 is 28.9 Å². The third kappa shape index (κ3) is 2.34. The number of ether oxygens (including phenoxy) is 1. The van der Waals surface area contributed by atoms with E-state index in [4.69, 9.17) is 4.74 Å². The summed E-state index contributed by atoms with van der Waals surface area (Å²) in [6, 6.07) is 3.76. The largest absolute Gasteiger partial charge is 0.464 e. The lowest BCUT2D eigenvalue weighted by atomic mass is 9.95. The molecular formula is C16H17N5O3S. The number of aliphatic hydroxyl groups excluding tert-OH is 1. The second-order valence-electron chi connectivity index (χ2n) is 5.77. The number of imidazole rings is 1. The molecule has 1 aliphatic rings. The molecule has 0 spiro atoms. The van der Waals surface area contributed by atoms with Crippen LogP contribution < -0.4 is 0 Å². The number of hydrogen-bond donors (Lipinski definition) is 2. The summed E-state index contributed by atoms with van der Waals surface area (Å²) in [4.78, 5) is 28.9. The molecule has 0 aliphatic carbocycles. The Bertz CT molecular complexity index is 910. The van der Waals surface area contributed by atoms with Crippen molar-refractivity contribution < 1.29 is 14.6 Å². The lowest BCUT2D eigenvalue weighted by Gasteiger charge is -2.30. The van der Waals surface area contributed by atoms with Gasteiger partial charge in [-0.25, -0.2) is 19.7 Å². The maximum absolute atomic E-state index is 12.7. The molecule has 0 bridgehead atoms. The summed E-state index contributed by atoms with van der Waals surface area (Å²) in [5.41, 5.74) is 1.29. The Morgan fingerprint density at radius 3 is 3.08 bits per heavy atom. The predicted octanol–water partition coefficient (Wildman–Crippen LogP) is 1.19. The number of aromatic amines is 1. The Kier molecular flexibility index (Phi) is 3.97. The summed E-state index contributed by atoms with van der Waals surface area (Å²) < 4.78 is 6.90. The van der Waals surface area contributed by atoms with Gasteiger partial charge in [-0.05, 0) is 19.1 Å². The Morgan fingerprint density at radius 2 is 2.40 bits per heavy atom. The molecule has 25 heavy (non-hydrogen) atoms. The summed E-state index contributed by atoms with van der Waals surface area (Å²) >= 11 is 1.50. The summed E-state index contributed by atoms with van der Waals surface area (Å²) in [7, 11) is 0. The second-order valence-corrected chi connectivity index (χ2v) is 6.80. The number of fused-ring (bicyclic) bond motifs is 1. The number of thioether (sulfide) groups is 1. The van der Waals surface area contributed by atoms with Gasteiger partial charge in [0, 0.05) is 17.7 Å². The van der Waals surface area contributed by atoms with E-state index in [0.29, 0.717) is 28.4 Å². The van der Waals surface area contributed by atoms with Crippen LogP contribution in [-0.2, 0) is 15.1 Å². The number of aliphatic hydroxyl groups is 1. The van der Waals surface area contributed by atoms with Crippen LogP contribution in [0, 0.1) is 0 Å². The smallest absolute Gasteiger partial charge is 0.336 e. The highest BCUT2D eigenvalue weighted by Crippen LogP contribution is 2.38.